The van der Waals surface area contributed by atoms with Crippen molar-refractivity contribution in [3.8, 4) is 5.75 Å². The van der Waals surface area contributed by atoms with Crippen molar-refractivity contribution in [3.63, 3.8) is 0 Å². The summed E-state index contributed by atoms with van der Waals surface area (Å²) in [4.78, 5) is 15.9. The lowest BCUT2D eigenvalue weighted by Crippen LogP contribution is -2.50. The van der Waals surface area contributed by atoms with Gasteiger partial charge in [-0.3, -0.25) is 9.69 Å². The zero-order chi connectivity index (χ0) is 13.8. The van der Waals surface area contributed by atoms with Crippen LogP contribution in [0.1, 0.15) is 18.9 Å². The number of phenolic OH excluding ortho intramolecular Hbond substituents is 1. The largest absolute Gasteiger partial charge is 0.506 e. The number of amides is 1. The smallest absolute Gasteiger partial charge is 0.236 e. The second kappa shape index (κ2) is 6.26. The summed E-state index contributed by atoms with van der Waals surface area (Å²) in [5, 5.41) is 9.95. The third kappa shape index (κ3) is 3.39. The summed E-state index contributed by atoms with van der Waals surface area (Å²) in [5.41, 5.74) is 0.860. The van der Waals surface area contributed by atoms with E-state index < -0.39 is 0 Å². The van der Waals surface area contributed by atoms with Crippen LogP contribution in [0.2, 0.25) is 5.02 Å². The van der Waals surface area contributed by atoms with Crippen molar-refractivity contribution in [2.45, 2.75) is 19.9 Å². The number of piperazine rings is 1. The molecule has 1 aliphatic heterocycles. The molecule has 0 aliphatic carbocycles. The van der Waals surface area contributed by atoms with Crippen LogP contribution in [0.5, 0.6) is 5.75 Å². The van der Waals surface area contributed by atoms with E-state index in [2.05, 4.69) is 11.8 Å². The van der Waals surface area contributed by atoms with Gasteiger partial charge in [0.1, 0.15) is 5.75 Å². The number of halogens is 1. The fraction of sp³-hybridized carbons (Fsp3) is 0.500. The Hall–Kier alpha value is -1.26. The highest BCUT2D eigenvalue weighted by Crippen LogP contribution is 2.27. The molecule has 1 saturated heterocycles. The second-order valence-corrected chi connectivity index (χ2v) is 5.22. The molecular weight excluding hydrogens is 264 g/mol. The minimum Gasteiger partial charge on any atom is -0.506 e. The summed E-state index contributed by atoms with van der Waals surface area (Å²) in [6.45, 7) is 5.54. The Morgan fingerprint density at radius 3 is 2.84 bits per heavy atom. The SMILES string of the molecule is CCCN1CCN(Cc2cccc(O)c2Cl)CC1=O. The fourth-order valence-corrected chi connectivity index (χ4v) is 2.51. The molecule has 1 heterocycles. The van der Waals surface area contributed by atoms with Gasteiger partial charge in [-0.2, -0.15) is 0 Å². The Morgan fingerprint density at radius 2 is 2.16 bits per heavy atom. The molecule has 1 N–H and O–H groups in total. The number of hydrogen-bond acceptors (Lipinski definition) is 3. The third-order valence-corrected chi connectivity index (χ3v) is 3.78. The van der Waals surface area contributed by atoms with E-state index in [-0.39, 0.29) is 11.7 Å². The molecule has 1 aliphatic rings. The van der Waals surface area contributed by atoms with Crippen LogP contribution in [-0.2, 0) is 11.3 Å². The van der Waals surface area contributed by atoms with Crippen molar-refractivity contribution < 1.29 is 9.90 Å². The quantitative estimate of drug-likeness (QED) is 0.920. The van der Waals surface area contributed by atoms with Crippen molar-refractivity contribution in [1.82, 2.24) is 9.80 Å². The number of nitrogens with zero attached hydrogens (tertiary/aromatic N) is 2. The van der Waals surface area contributed by atoms with Gasteiger partial charge in [-0.15, -0.1) is 0 Å². The van der Waals surface area contributed by atoms with Gasteiger partial charge >= 0.3 is 0 Å². The van der Waals surface area contributed by atoms with Crippen LogP contribution in [-0.4, -0.2) is 47.0 Å². The van der Waals surface area contributed by atoms with E-state index >= 15 is 0 Å². The number of benzene rings is 1. The molecule has 0 aromatic heterocycles. The first-order valence-electron chi connectivity index (χ1n) is 6.58. The van der Waals surface area contributed by atoms with Gasteiger partial charge < -0.3 is 10.0 Å². The van der Waals surface area contributed by atoms with E-state index in [1.54, 1.807) is 12.1 Å². The number of hydrogen-bond donors (Lipinski definition) is 1. The van der Waals surface area contributed by atoms with Gasteiger partial charge in [0.15, 0.2) is 0 Å². The van der Waals surface area contributed by atoms with E-state index in [1.807, 2.05) is 11.0 Å². The average molecular weight is 283 g/mol. The second-order valence-electron chi connectivity index (χ2n) is 4.84. The molecule has 1 amide bonds. The summed E-state index contributed by atoms with van der Waals surface area (Å²) in [6, 6.07) is 5.22. The maximum atomic E-state index is 11.9. The van der Waals surface area contributed by atoms with Crippen LogP contribution in [0.3, 0.4) is 0 Å². The molecule has 2 rings (SSSR count). The van der Waals surface area contributed by atoms with Crippen molar-refractivity contribution >= 4 is 17.5 Å². The molecule has 1 aromatic rings. The topological polar surface area (TPSA) is 43.8 Å². The maximum absolute atomic E-state index is 11.9. The lowest BCUT2D eigenvalue weighted by molar-refractivity contribution is -0.136. The summed E-state index contributed by atoms with van der Waals surface area (Å²) in [5.74, 6) is 0.263. The molecule has 104 valence electrons. The molecule has 0 spiro atoms. The van der Waals surface area contributed by atoms with E-state index in [9.17, 15) is 9.90 Å². The molecule has 0 atom stereocenters. The zero-order valence-corrected chi connectivity index (χ0v) is 11.9. The first kappa shape index (κ1) is 14.2. The van der Waals surface area contributed by atoms with Crippen LogP contribution >= 0.6 is 11.6 Å². The molecule has 0 saturated carbocycles. The normalized spacial score (nSPS) is 16.9. The van der Waals surface area contributed by atoms with Crippen molar-refractivity contribution in [1.29, 1.82) is 0 Å². The number of carbonyl (C=O) groups is 1. The van der Waals surface area contributed by atoms with Gasteiger partial charge in [-0.25, -0.2) is 0 Å². The highest BCUT2D eigenvalue weighted by Gasteiger charge is 2.23. The van der Waals surface area contributed by atoms with Gasteiger partial charge in [-0.1, -0.05) is 30.7 Å². The van der Waals surface area contributed by atoms with Crippen LogP contribution < -0.4 is 0 Å². The Morgan fingerprint density at radius 1 is 1.37 bits per heavy atom. The summed E-state index contributed by atoms with van der Waals surface area (Å²) in [6.07, 6.45) is 0.990. The summed E-state index contributed by atoms with van der Waals surface area (Å²) >= 11 is 6.06. The minimum absolute atomic E-state index is 0.0927. The molecule has 0 bridgehead atoms. The Kier molecular flexibility index (Phi) is 4.66. The van der Waals surface area contributed by atoms with E-state index in [4.69, 9.17) is 11.6 Å². The van der Waals surface area contributed by atoms with Gasteiger partial charge in [-0.05, 0) is 18.1 Å². The number of rotatable bonds is 4. The zero-order valence-electron chi connectivity index (χ0n) is 11.1. The van der Waals surface area contributed by atoms with Gasteiger partial charge in [0.05, 0.1) is 11.6 Å². The Labute approximate surface area is 118 Å². The number of aromatic hydroxyl groups is 1. The lowest BCUT2D eigenvalue weighted by atomic mass is 10.2. The molecule has 1 aromatic carbocycles. The Bertz CT molecular complexity index is 465. The van der Waals surface area contributed by atoms with Crippen LogP contribution in [0.4, 0.5) is 0 Å². The predicted octanol–water partition coefficient (Wildman–Crippen LogP) is 2.10. The monoisotopic (exact) mass is 282 g/mol. The fourth-order valence-electron chi connectivity index (χ4n) is 2.33. The molecule has 19 heavy (non-hydrogen) atoms. The third-order valence-electron chi connectivity index (χ3n) is 3.34. The van der Waals surface area contributed by atoms with Crippen molar-refractivity contribution in [3.05, 3.63) is 28.8 Å². The molecule has 0 unspecified atom stereocenters. The van der Waals surface area contributed by atoms with Crippen LogP contribution in [0.15, 0.2) is 18.2 Å². The molecule has 4 nitrogen and oxygen atoms in total. The lowest BCUT2D eigenvalue weighted by Gasteiger charge is -2.34. The standard InChI is InChI=1S/C14H19ClN2O2/c1-2-6-17-8-7-16(10-13(17)19)9-11-4-3-5-12(18)14(11)15/h3-5,18H,2,6-10H2,1H3. The van der Waals surface area contributed by atoms with E-state index in [1.165, 1.54) is 0 Å². The van der Waals surface area contributed by atoms with Crippen LogP contribution in [0.25, 0.3) is 0 Å². The minimum atomic E-state index is 0.0927. The highest BCUT2D eigenvalue weighted by molar-refractivity contribution is 6.32. The Balaban J connectivity index is 1.98. The summed E-state index contributed by atoms with van der Waals surface area (Å²) < 4.78 is 0. The van der Waals surface area contributed by atoms with Crippen molar-refractivity contribution in [2.24, 2.45) is 0 Å². The van der Waals surface area contributed by atoms with Gasteiger partial charge in [0.25, 0.3) is 0 Å². The highest BCUT2D eigenvalue weighted by atomic mass is 35.5. The number of phenols is 1. The van der Waals surface area contributed by atoms with E-state index in [0.717, 1.165) is 31.6 Å². The average Bonchev–Trinajstić information content (AvgIpc) is 2.38. The maximum Gasteiger partial charge on any atom is 0.236 e. The number of carbonyl (C=O) groups excluding carboxylic acids is 1. The predicted molar refractivity (Wildman–Crippen MR) is 75.3 cm³/mol. The molecular formula is C14H19ClN2O2. The molecule has 5 heteroatoms. The van der Waals surface area contributed by atoms with Crippen molar-refractivity contribution in [2.75, 3.05) is 26.2 Å². The van der Waals surface area contributed by atoms with E-state index in [0.29, 0.717) is 18.1 Å². The van der Waals surface area contributed by atoms with Crippen LogP contribution in [0, 0.1) is 0 Å². The molecule has 0 radical (unpaired) electrons. The first-order valence-corrected chi connectivity index (χ1v) is 6.96. The molecule has 1 fully saturated rings. The summed E-state index contributed by atoms with van der Waals surface area (Å²) in [7, 11) is 0. The first-order chi connectivity index (χ1) is 9.11. The van der Waals surface area contributed by atoms with Gasteiger partial charge in [0, 0.05) is 26.2 Å². The van der Waals surface area contributed by atoms with Gasteiger partial charge in [0.2, 0.25) is 5.91 Å².